The maximum absolute atomic E-state index is 13.4. The number of thiophene rings is 1. The predicted molar refractivity (Wildman–Crippen MR) is 114 cm³/mol. The Morgan fingerprint density at radius 2 is 1.86 bits per heavy atom. The van der Waals surface area contributed by atoms with Gasteiger partial charge in [-0.3, -0.25) is 14.3 Å². The number of aromatic nitrogens is 2. The molecule has 0 spiro atoms. The molecule has 1 aliphatic carbocycles. The van der Waals surface area contributed by atoms with Crippen molar-refractivity contribution in [2.75, 3.05) is 33.2 Å². The Hall–Kier alpha value is -2.02. The topological polar surface area (TPSA) is 41.4 Å². The molecular weight excluding hydrogens is 368 g/mol. The zero-order valence-corrected chi connectivity index (χ0v) is 17.1. The number of hydrogen-bond donors (Lipinski definition) is 0. The van der Waals surface area contributed by atoms with Crippen LogP contribution in [0.4, 0.5) is 0 Å². The number of nitrogens with zero attached hydrogens (tertiary/aromatic N) is 4. The minimum Gasteiger partial charge on any atom is -0.304 e. The minimum absolute atomic E-state index is 0.102. The summed E-state index contributed by atoms with van der Waals surface area (Å²) in [5, 5.41) is 2.73. The van der Waals surface area contributed by atoms with Gasteiger partial charge in [0, 0.05) is 26.2 Å². The Bertz CT molecular complexity index is 1020. The van der Waals surface area contributed by atoms with E-state index in [9.17, 15) is 4.79 Å². The van der Waals surface area contributed by atoms with Gasteiger partial charge in [0.2, 0.25) is 0 Å². The van der Waals surface area contributed by atoms with E-state index in [1.54, 1.807) is 11.3 Å². The quantitative estimate of drug-likeness (QED) is 0.666. The fourth-order valence-electron chi connectivity index (χ4n) is 4.29. The standard InChI is InChI=1S/C22H26N4OS/c1-24-10-12-25(13-11-24)19(17-7-8-17)20-23-21-18(9-14-28-21)22(27)26(20)15-16-5-3-2-4-6-16/h2-6,9,14,17,19H,7-8,10-13,15H2,1H3. The van der Waals surface area contributed by atoms with Crippen LogP contribution in [0.25, 0.3) is 10.2 Å². The third kappa shape index (κ3) is 3.41. The fraction of sp³-hybridized carbons (Fsp3) is 0.455. The largest absolute Gasteiger partial charge is 0.304 e. The molecule has 3 heterocycles. The molecule has 5 rings (SSSR count). The molecule has 1 atom stereocenters. The molecule has 0 amide bonds. The van der Waals surface area contributed by atoms with Gasteiger partial charge in [-0.05, 0) is 42.8 Å². The first-order valence-corrected chi connectivity index (χ1v) is 11.0. The van der Waals surface area contributed by atoms with Gasteiger partial charge in [0.15, 0.2) is 0 Å². The van der Waals surface area contributed by atoms with E-state index >= 15 is 0 Å². The van der Waals surface area contributed by atoms with Crippen molar-refractivity contribution in [3.05, 3.63) is 63.5 Å². The van der Waals surface area contributed by atoms with Crippen LogP contribution in [0.2, 0.25) is 0 Å². The van der Waals surface area contributed by atoms with E-state index in [0.29, 0.717) is 12.5 Å². The third-order valence-electron chi connectivity index (χ3n) is 6.06. The van der Waals surface area contributed by atoms with Crippen molar-refractivity contribution in [3.8, 4) is 0 Å². The highest BCUT2D eigenvalue weighted by molar-refractivity contribution is 7.16. The second kappa shape index (κ2) is 7.43. The molecule has 2 aliphatic rings. The Morgan fingerprint density at radius 3 is 2.57 bits per heavy atom. The first-order chi connectivity index (χ1) is 13.7. The van der Waals surface area contributed by atoms with Crippen LogP contribution < -0.4 is 5.56 Å². The van der Waals surface area contributed by atoms with Crippen molar-refractivity contribution in [2.24, 2.45) is 5.92 Å². The molecule has 5 nitrogen and oxygen atoms in total. The van der Waals surface area contributed by atoms with E-state index in [1.807, 2.05) is 34.2 Å². The van der Waals surface area contributed by atoms with E-state index in [2.05, 4.69) is 29.0 Å². The van der Waals surface area contributed by atoms with Gasteiger partial charge in [-0.1, -0.05) is 30.3 Å². The molecule has 1 unspecified atom stereocenters. The van der Waals surface area contributed by atoms with Crippen LogP contribution in [-0.4, -0.2) is 52.6 Å². The van der Waals surface area contributed by atoms with Crippen LogP contribution in [-0.2, 0) is 6.54 Å². The highest BCUT2D eigenvalue weighted by atomic mass is 32.1. The van der Waals surface area contributed by atoms with Crippen LogP contribution in [0, 0.1) is 5.92 Å². The monoisotopic (exact) mass is 394 g/mol. The fourth-order valence-corrected chi connectivity index (χ4v) is 5.05. The summed E-state index contributed by atoms with van der Waals surface area (Å²) in [6.45, 7) is 4.83. The zero-order chi connectivity index (χ0) is 19.1. The zero-order valence-electron chi connectivity index (χ0n) is 16.3. The van der Waals surface area contributed by atoms with Crippen molar-refractivity contribution in [1.82, 2.24) is 19.4 Å². The Balaban J connectivity index is 1.62. The van der Waals surface area contributed by atoms with Crippen molar-refractivity contribution < 1.29 is 0 Å². The molecule has 3 aromatic rings. The number of likely N-dealkylation sites (N-methyl/N-ethyl adjacent to an activating group) is 1. The van der Waals surface area contributed by atoms with Crippen LogP contribution in [0.3, 0.4) is 0 Å². The summed E-state index contributed by atoms with van der Waals surface area (Å²) in [6, 6.07) is 12.4. The number of rotatable bonds is 5. The molecular formula is C22H26N4OS. The maximum Gasteiger partial charge on any atom is 0.262 e. The number of benzene rings is 1. The van der Waals surface area contributed by atoms with E-state index in [-0.39, 0.29) is 11.6 Å². The second-order valence-electron chi connectivity index (χ2n) is 8.11. The molecule has 0 radical (unpaired) electrons. The minimum atomic E-state index is 0.102. The van der Waals surface area contributed by atoms with E-state index in [1.165, 1.54) is 12.8 Å². The summed E-state index contributed by atoms with van der Waals surface area (Å²) in [6.07, 6.45) is 2.47. The van der Waals surface area contributed by atoms with Crippen LogP contribution in [0.1, 0.15) is 30.3 Å². The van der Waals surface area contributed by atoms with Gasteiger partial charge in [0.1, 0.15) is 10.7 Å². The van der Waals surface area contributed by atoms with Crippen LogP contribution in [0.15, 0.2) is 46.6 Å². The predicted octanol–water partition coefficient (Wildman–Crippen LogP) is 3.20. The van der Waals surface area contributed by atoms with Gasteiger partial charge < -0.3 is 4.90 Å². The second-order valence-corrected chi connectivity index (χ2v) is 9.00. The number of hydrogen-bond acceptors (Lipinski definition) is 5. The van der Waals surface area contributed by atoms with Gasteiger partial charge in [-0.2, -0.15) is 0 Å². The lowest BCUT2D eigenvalue weighted by Gasteiger charge is -2.38. The Morgan fingerprint density at radius 1 is 1.11 bits per heavy atom. The van der Waals surface area contributed by atoms with Crippen molar-refractivity contribution in [2.45, 2.75) is 25.4 Å². The average molecular weight is 395 g/mol. The molecule has 1 saturated heterocycles. The summed E-state index contributed by atoms with van der Waals surface area (Å²) in [4.78, 5) is 24.3. The van der Waals surface area contributed by atoms with E-state index < -0.39 is 0 Å². The summed E-state index contributed by atoms with van der Waals surface area (Å²) >= 11 is 1.58. The van der Waals surface area contributed by atoms with E-state index in [0.717, 1.165) is 47.8 Å². The van der Waals surface area contributed by atoms with Crippen molar-refractivity contribution in [1.29, 1.82) is 0 Å². The molecule has 146 valence electrons. The maximum atomic E-state index is 13.4. The lowest BCUT2D eigenvalue weighted by Crippen LogP contribution is -2.47. The van der Waals surface area contributed by atoms with Gasteiger partial charge in [0.25, 0.3) is 5.56 Å². The highest BCUT2D eigenvalue weighted by Crippen LogP contribution is 2.44. The molecule has 1 saturated carbocycles. The molecule has 1 aliphatic heterocycles. The van der Waals surface area contributed by atoms with Crippen LogP contribution >= 0.6 is 11.3 Å². The Kier molecular flexibility index (Phi) is 4.78. The highest BCUT2D eigenvalue weighted by Gasteiger charge is 2.40. The van der Waals surface area contributed by atoms with Crippen molar-refractivity contribution in [3.63, 3.8) is 0 Å². The molecule has 0 bridgehead atoms. The molecule has 0 N–H and O–H groups in total. The number of piperazine rings is 1. The molecule has 28 heavy (non-hydrogen) atoms. The first kappa shape index (κ1) is 18.0. The lowest BCUT2D eigenvalue weighted by atomic mass is 10.1. The normalized spacial score (nSPS) is 19.9. The summed E-state index contributed by atoms with van der Waals surface area (Å²) < 4.78 is 1.95. The van der Waals surface area contributed by atoms with Gasteiger partial charge in [-0.15, -0.1) is 11.3 Å². The lowest BCUT2D eigenvalue weighted by molar-refractivity contribution is 0.0937. The van der Waals surface area contributed by atoms with Gasteiger partial charge >= 0.3 is 0 Å². The average Bonchev–Trinajstić information content (AvgIpc) is 3.43. The summed E-state index contributed by atoms with van der Waals surface area (Å²) in [7, 11) is 2.19. The van der Waals surface area contributed by atoms with Crippen LogP contribution in [0.5, 0.6) is 0 Å². The Labute approximate surface area is 169 Å². The molecule has 2 aromatic heterocycles. The van der Waals surface area contributed by atoms with E-state index in [4.69, 9.17) is 4.98 Å². The smallest absolute Gasteiger partial charge is 0.262 e. The van der Waals surface area contributed by atoms with Crippen molar-refractivity contribution >= 4 is 21.6 Å². The number of fused-ring (bicyclic) bond motifs is 1. The van der Waals surface area contributed by atoms with Gasteiger partial charge in [0.05, 0.1) is 18.0 Å². The van der Waals surface area contributed by atoms with Gasteiger partial charge in [-0.25, -0.2) is 4.98 Å². The molecule has 2 fully saturated rings. The summed E-state index contributed by atoms with van der Waals surface area (Å²) in [5.41, 5.74) is 1.25. The summed E-state index contributed by atoms with van der Waals surface area (Å²) in [5.74, 6) is 1.59. The SMILES string of the molecule is CN1CCN(C(c2nc3sccc3c(=O)n2Cc2ccccc2)C2CC2)CC1. The molecule has 6 heteroatoms. The third-order valence-corrected chi connectivity index (χ3v) is 6.87. The first-order valence-electron chi connectivity index (χ1n) is 10.1. The molecule has 1 aromatic carbocycles.